The Morgan fingerprint density at radius 3 is 2.33 bits per heavy atom. The van der Waals surface area contributed by atoms with Crippen molar-refractivity contribution in [2.45, 2.75) is 12.4 Å². The van der Waals surface area contributed by atoms with E-state index in [1.165, 1.54) is 14.2 Å². The van der Waals surface area contributed by atoms with E-state index < -0.39 is 23.1 Å². The molecule has 1 atom stereocenters. The van der Waals surface area contributed by atoms with E-state index in [0.29, 0.717) is 12.1 Å². The Morgan fingerprint density at radius 2 is 1.89 bits per heavy atom. The number of methoxy groups -OCH3 is 1. The van der Waals surface area contributed by atoms with Crippen LogP contribution in [0.25, 0.3) is 0 Å². The Balaban J connectivity index is 2.89. The molecule has 0 aliphatic rings. The molecule has 100 valence electrons. The number of rotatable bonds is 3. The minimum Gasteiger partial charge on any atom is -0.371 e. The van der Waals surface area contributed by atoms with E-state index in [4.69, 9.17) is 4.74 Å². The summed E-state index contributed by atoms with van der Waals surface area (Å²) in [7, 11) is 2.97. The Labute approximate surface area is 107 Å². The Hall–Kier alpha value is -1.21. The van der Waals surface area contributed by atoms with E-state index in [1.54, 1.807) is 6.92 Å². The number of halogens is 3. The summed E-state index contributed by atoms with van der Waals surface area (Å²) < 4.78 is 44.5. The predicted molar refractivity (Wildman–Crippen MR) is 67.4 cm³/mol. The summed E-state index contributed by atoms with van der Waals surface area (Å²) >= 11 is 1.15. The van der Waals surface area contributed by atoms with Crippen LogP contribution in [0, 0.1) is 17.5 Å². The molecule has 0 saturated heterocycles. The van der Waals surface area contributed by atoms with Crippen LogP contribution in [0.5, 0.6) is 0 Å². The van der Waals surface area contributed by atoms with E-state index in [2.05, 4.69) is 10.3 Å². The summed E-state index contributed by atoms with van der Waals surface area (Å²) in [5.74, 6) is -3.00. The molecule has 1 unspecified atom stereocenters. The highest BCUT2D eigenvalue weighted by Crippen LogP contribution is 2.23. The summed E-state index contributed by atoms with van der Waals surface area (Å²) in [5, 5.41) is 2.75. The lowest BCUT2D eigenvalue weighted by atomic mass is 10.3. The van der Waals surface area contributed by atoms with Gasteiger partial charge in [0.15, 0.2) is 16.8 Å². The molecular weight excluding hydrogens is 265 g/mol. The van der Waals surface area contributed by atoms with Crippen LogP contribution in [0.2, 0.25) is 0 Å². The maximum atomic E-state index is 13.4. The van der Waals surface area contributed by atoms with Crippen molar-refractivity contribution < 1.29 is 17.9 Å². The highest BCUT2D eigenvalue weighted by molar-refractivity contribution is 8.14. The fraction of sp³-hybridized carbons (Fsp3) is 0.364. The highest BCUT2D eigenvalue weighted by Gasteiger charge is 2.14. The van der Waals surface area contributed by atoms with Crippen molar-refractivity contribution in [1.29, 1.82) is 0 Å². The van der Waals surface area contributed by atoms with E-state index in [1.807, 2.05) is 0 Å². The molecule has 0 aliphatic heterocycles. The zero-order valence-corrected chi connectivity index (χ0v) is 10.9. The summed E-state index contributed by atoms with van der Waals surface area (Å²) in [4.78, 5) is 3.84. The first-order valence-electron chi connectivity index (χ1n) is 5.05. The molecule has 1 rings (SSSR count). The zero-order chi connectivity index (χ0) is 13.7. The molecule has 0 bridgehead atoms. The van der Waals surface area contributed by atoms with Crippen molar-refractivity contribution in [1.82, 2.24) is 0 Å². The first-order valence-corrected chi connectivity index (χ1v) is 5.93. The number of nitrogens with one attached hydrogen (secondary N) is 1. The number of hydrogen-bond acceptors (Lipinski definition) is 3. The molecule has 0 saturated carbocycles. The van der Waals surface area contributed by atoms with Gasteiger partial charge in [-0.3, -0.25) is 4.99 Å². The standard InChI is InChI=1S/C11H13F3N2OS/c1-6(17-3)18-11(15-2)16-10-8(13)4-7(12)5-9(10)14/h4-6H,1-3H3,(H,15,16). The van der Waals surface area contributed by atoms with E-state index >= 15 is 0 Å². The van der Waals surface area contributed by atoms with Crippen LogP contribution in [0.3, 0.4) is 0 Å². The Kier molecular flexibility index (Phi) is 5.49. The molecule has 1 aromatic rings. The van der Waals surface area contributed by atoms with Gasteiger partial charge < -0.3 is 10.1 Å². The van der Waals surface area contributed by atoms with Crippen molar-refractivity contribution in [2.75, 3.05) is 19.5 Å². The fourth-order valence-corrected chi connectivity index (χ4v) is 1.79. The molecule has 3 nitrogen and oxygen atoms in total. The van der Waals surface area contributed by atoms with Gasteiger partial charge >= 0.3 is 0 Å². The first-order chi connectivity index (χ1) is 8.47. The van der Waals surface area contributed by atoms with Crippen molar-refractivity contribution in [2.24, 2.45) is 4.99 Å². The van der Waals surface area contributed by atoms with Gasteiger partial charge in [0.05, 0.1) is 0 Å². The second-order valence-electron chi connectivity index (χ2n) is 3.32. The maximum absolute atomic E-state index is 13.4. The van der Waals surface area contributed by atoms with Crippen molar-refractivity contribution in [3.63, 3.8) is 0 Å². The molecule has 0 radical (unpaired) electrons. The van der Waals surface area contributed by atoms with Crippen molar-refractivity contribution in [3.8, 4) is 0 Å². The minimum atomic E-state index is -1.01. The van der Waals surface area contributed by atoms with Gasteiger partial charge in [0.1, 0.15) is 16.9 Å². The van der Waals surface area contributed by atoms with Gasteiger partial charge in [0, 0.05) is 26.3 Å². The Morgan fingerprint density at radius 1 is 1.33 bits per heavy atom. The Bertz CT molecular complexity index is 431. The van der Waals surface area contributed by atoms with Gasteiger partial charge in [0.2, 0.25) is 0 Å². The summed E-state index contributed by atoms with van der Waals surface area (Å²) in [6.45, 7) is 1.76. The molecule has 0 spiro atoms. The predicted octanol–water partition coefficient (Wildman–Crippen LogP) is 3.23. The van der Waals surface area contributed by atoms with Crippen LogP contribution in [0.1, 0.15) is 6.92 Å². The number of thioether (sulfide) groups is 1. The van der Waals surface area contributed by atoms with Crippen LogP contribution >= 0.6 is 11.8 Å². The third-order valence-electron chi connectivity index (χ3n) is 2.05. The van der Waals surface area contributed by atoms with Crippen LogP contribution in [-0.4, -0.2) is 24.8 Å². The van der Waals surface area contributed by atoms with Gasteiger partial charge in [-0.15, -0.1) is 0 Å². The topological polar surface area (TPSA) is 33.6 Å². The SMILES string of the molecule is CN=C(Nc1c(F)cc(F)cc1F)SC(C)OC. The molecule has 0 aromatic heterocycles. The maximum Gasteiger partial charge on any atom is 0.163 e. The van der Waals surface area contributed by atoms with E-state index in [0.717, 1.165) is 11.8 Å². The lowest BCUT2D eigenvalue weighted by Gasteiger charge is -2.13. The summed E-state index contributed by atoms with van der Waals surface area (Å²) in [5.41, 5.74) is -0.671. The average molecular weight is 278 g/mol. The average Bonchev–Trinajstić information content (AvgIpc) is 2.31. The molecule has 1 aromatic carbocycles. The number of anilines is 1. The van der Waals surface area contributed by atoms with Gasteiger partial charge in [-0.05, 0) is 6.92 Å². The van der Waals surface area contributed by atoms with E-state index in [9.17, 15) is 13.2 Å². The quantitative estimate of drug-likeness (QED) is 0.523. The van der Waals surface area contributed by atoms with Crippen molar-refractivity contribution >= 4 is 22.6 Å². The molecule has 0 heterocycles. The van der Waals surface area contributed by atoms with Gasteiger partial charge in [-0.2, -0.15) is 0 Å². The number of amidine groups is 1. The summed E-state index contributed by atoms with van der Waals surface area (Å²) in [6, 6.07) is 1.20. The lowest BCUT2D eigenvalue weighted by molar-refractivity contribution is 0.188. The molecule has 18 heavy (non-hydrogen) atoms. The smallest absolute Gasteiger partial charge is 0.163 e. The number of nitrogens with zero attached hydrogens (tertiary/aromatic N) is 1. The highest BCUT2D eigenvalue weighted by atomic mass is 32.2. The largest absolute Gasteiger partial charge is 0.371 e. The normalized spacial score (nSPS) is 13.6. The molecular formula is C11H13F3N2OS. The second-order valence-corrected chi connectivity index (χ2v) is 4.61. The third kappa shape index (κ3) is 3.92. The monoisotopic (exact) mass is 278 g/mol. The van der Waals surface area contributed by atoms with Crippen LogP contribution < -0.4 is 5.32 Å². The van der Waals surface area contributed by atoms with Gasteiger partial charge in [0.25, 0.3) is 0 Å². The molecule has 7 heteroatoms. The van der Waals surface area contributed by atoms with E-state index in [-0.39, 0.29) is 10.6 Å². The fourth-order valence-electron chi connectivity index (χ4n) is 1.11. The number of benzene rings is 1. The third-order valence-corrected chi connectivity index (χ3v) is 3.08. The molecule has 1 N–H and O–H groups in total. The molecule has 0 aliphatic carbocycles. The summed E-state index contributed by atoms with van der Waals surface area (Å²) in [6.07, 6.45) is 0. The number of ether oxygens (including phenoxy) is 1. The van der Waals surface area contributed by atoms with Crippen LogP contribution in [-0.2, 0) is 4.74 Å². The van der Waals surface area contributed by atoms with Gasteiger partial charge in [-0.25, -0.2) is 13.2 Å². The van der Waals surface area contributed by atoms with Gasteiger partial charge in [-0.1, -0.05) is 11.8 Å². The van der Waals surface area contributed by atoms with Crippen molar-refractivity contribution in [3.05, 3.63) is 29.6 Å². The minimum absolute atomic E-state index is 0.234. The van der Waals surface area contributed by atoms with Crippen LogP contribution in [0.4, 0.5) is 18.9 Å². The number of aliphatic imine (C=N–C) groups is 1. The number of hydrogen-bond donors (Lipinski definition) is 1. The molecule has 0 amide bonds. The lowest BCUT2D eigenvalue weighted by Crippen LogP contribution is -2.15. The zero-order valence-electron chi connectivity index (χ0n) is 10.1. The second kappa shape index (κ2) is 6.65. The van der Waals surface area contributed by atoms with Crippen LogP contribution in [0.15, 0.2) is 17.1 Å². The first kappa shape index (κ1) is 14.8. The molecule has 0 fully saturated rings.